The van der Waals surface area contributed by atoms with Crippen LogP contribution >= 0.6 is 23.2 Å². The first-order valence-electron chi connectivity index (χ1n) is 6.30. The molecular formula is C13H18Cl2N2O3. The molecule has 0 aliphatic rings. The van der Waals surface area contributed by atoms with E-state index in [2.05, 4.69) is 10.3 Å². The zero-order valence-electron chi connectivity index (χ0n) is 11.5. The molecule has 0 saturated carbocycles. The molecule has 20 heavy (non-hydrogen) atoms. The summed E-state index contributed by atoms with van der Waals surface area (Å²) in [4.78, 5) is 15.7. The highest BCUT2D eigenvalue weighted by Gasteiger charge is 2.18. The van der Waals surface area contributed by atoms with E-state index in [9.17, 15) is 4.79 Å². The van der Waals surface area contributed by atoms with Crippen molar-refractivity contribution in [3.05, 3.63) is 28.0 Å². The normalized spacial score (nSPS) is 12.2. The minimum Gasteiger partial charge on any atom is -0.460 e. The third-order valence-electron chi connectivity index (χ3n) is 2.47. The first-order chi connectivity index (χ1) is 9.56. The molecule has 0 amide bonds. The van der Waals surface area contributed by atoms with Gasteiger partial charge in [-0.1, -0.05) is 30.1 Å². The van der Waals surface area contributed by atoms with Gasteiger partial charge in [0.2, 0.25) is 0 Å². The zero-order valence-corrected chi connectivity index (χ0v) is 13.0. The number of esters is 1. The van der Waals surface area contributed by atoms with E-state index in [4.69, 9.17) is 32.7 Å². The van der Waals surface area contributed by atoms with Crippen LogP contribution in [0, 0.1) is 0 Å². The topological polar surface area (TPSA) is 60.5 Å². The second-order valence-corrected chi connectivity index (χ2v) is 4.92. The van der Waals surface area contributed by atoms with E-state index in [1.165, 1.54) is 0 Å². The molecule has 1 N–H and O–H groups in total. The third kappa shape index (κ3) is 6.05. The van der Waals surface area contributed by atoms with Crippen LogP contribution in [0.25, 0.3) is 0 Å². The summed E-state index contributed by atoms with van der Waals surface area (Å²) in [6, 6.07) is 2.71. The predicted octanol–water partition coefficient (Wildman–Crippen LogP) is 2.45. The number of hydrogen-bond donors (Lipinski definition) is 1. The maximum absolute atomic E-state index is 11.9. The van der Waals surface area contributed by atoms with Crippen molar-refractivity contribution in [1.29, 1.82) is 0 Å². The summed E-state index contributed by atoms with van der Waals surface area (Å²) in [6.07, 6.45) is 0.902. The van der Waals surface area contributed by atoms with Crippen molar-refractivity contribution in [2.24, 2.45) is 0 Å². The molecule has 1 rings (SSSR count). The van der Waals surface area contributed by atoms with Crippen molar-refractivity contribution in [2.75, 3.05) is 20.3 Å². The van der Waals surface area contributed by atoms with Gasteiger partial charge < -0.3 is 14.8 Å². The fourth-order valence-electron chi connectivity index (χ4n) is 1.47. The summed E-state index contributed by atoms with van der Waals surface area (Å²) >= 11 is 11.5. The molecule has 1 heterocycles. The molecule has 112 valence electrons. The van der Waals surface area contributed by atoms with Crippen molar-refractivity contribution in [3.63, 3.8) is 0 Å². The van der Waals surface area contributed by atoms with Crippen molar-refractivity contribution in [3.8, 4) is 0 Å². The molecule has 1 atom stereocenters. The van der Waals surface area contributed by atoms with Crippen LogP contribution in [-0.4, -0.2) is 37.3 Å². The Hall–Kier alpha value is -0.880. The van der Waals surface area contributed by atoms with E-state index >= 15 is 0 Å². The van der Waals surface area contributed by atoms with Gasteiger partial charge in [0.25, 0.3) is 0 Å². The minimum atomic E-state index is -0.491. The van der Waals surface area contributed by atoms with Gasteiger partial charge in [0.15, 0.2) is 0 Å². The summed E-state index contributed by atoms with van der Waals surface area (Å²) in [5, 5.41) is 3.38. The number of nitrogens with zero attached hydrogens (tertiary/aromatic N) is 1. The summed E-state index contributed by atoms with van der Waals surface area (Å²) in [5.41, 5.74) is 0.688. The number of halogens is 2. The van der Waals surface area contributed by atoms with Crippen LogP contribution in [0.4, 0.5) is 0 Å². The van der Waals surface area contributed by atoms with Gasteiger partial charge >= 0.3 is 5.97 Å². The lowest BCUT2D eigenvalue weighted by Gasteiger charge is -2.15. The number of ether oxygens (including phenoxy) is 2. The van der Waals surface area contributed by atoms with Crippen molar-refractivity contribution >= 4 is 29.2 Å². The molecule has 0 aliphatic carbocycles. The van der Waals surface area contributed by atoms with Crippen molar-refractivity contribution in [2.45, 2.75) is 26.0 Å². The molecule has 1 aromatic rings. The van der Waals surface area contributed by atoms with Gasteiger partial charge in [-0.3, -0.25) is 4.79 Å². The Kier molecular flexibility index (Phi) is 7.84. The van der Waals surface area contributed by atoms with Gasteiger partial charge in [-0.25, -0.2) is 4.98 Å². The highest BCUT2D eigenvalue weighted by Crippen LogP contribution is 2.15. The fraction of sp³-hybridized carbons (Fsp3) is 0.538. The molecule has 5 nitrogen and oxygen atoms in total. The maximum atomic E-state index is 11.9. The number of hydrogen-bond acceptors (Lipinski definition) is 5. The fourth-order valence-corrected chi connectivity index (χ4v) is 1.97. The SMILES string of the molecule is CCCOC[C@H](NC)C(=O)OCc1cc(Cl)nc(Cl)c1. The maximum Gasteiger partial charge on any atom is 0.325 e. The molecule has 0 saturated heterocycles. The van der Waals surface area contributed by atoms with Crippen LogP contribution in [0.3, 0.4) is 0 Å². The van der Waals surface area contributed by atoms with Gasteiger partial charge in [-0.2, -0.15) is 0 Å². The Labute approximate surface area is 128 Å². The second-order valence-electron chi connectivity index (χ2n) is 4.14. The highest BCUT2D eigenvalue weighted by atomic mass is 35.5. The zero-order chi connectivity index (χ0) is 15.0. The smallest absolute Gasteiger partial charge is 0.325 e. The second kappa shape index (κ2) is 9.13. The molecule has 0 unspecified atom stereocenters. The molecule has 0 aliphatic heterocycles. The molecule has 0 spiro atoms. The summed E-state index contributed by atoms with van der Waals surface area (Å²) in [5.74, 6) is -0.382. The number of aromatic nitrogens is 1. The Morgan fingerprint density at radius 2 is 2.05 bits per heavy atom. The van der Waals surface area contributed by atoms with E-state index in [1.54, 1.807) is 19.2 Å². The number of likely N-dealkylation sites (N-methyl/N-ethyl adjacent to an activating group) is 1. The average molecular weight is 321 g/mol. The number of nitrogens with one attached hydrogen (secondary N) is 1. The van der Waals surface area contributed by atoms with Gasteiger partial charge in [0.05, 0.1) is 6.61 Å². The number of carbonyl (C=O) groups excluding carboxylic acids is 1. The lowest BCUT2D eigenvalue weighted by molar-refractivity contribution is -0.149. The average Bonchev–Trinajstić information content (AvgIpc) is 2.40. The van der Waals surface area contributed by atoms with Gasteiger partial charge in [0, 0.05) is 6.61 Å². The van der Waals surface area contributed by atoms with E-state index in [-0.39, 0.29) is 29.5 Å². The quantitative estimate of drug-likeness (QED) is 0.453. The van der Waals surface area contributed by atoms with Gasteiger partial charge in [-0.15, -0.1) is 0 Å². The highest BCUT2D eigenvalue weighted by molar-refractivity contribution is 6.32. The Morgan fingerprint density at radius 1 is 1.40 bits per heavy atom. The molecule has 0 radical (unpaired) electrons. The Bertz CT molecular complexity index is 423. The first kappa shape index (κ1) is 17.2. The van der Waals surface area contributed by atoms with E-state index in [1.807, 2.05) is 6.92 Å². The summed E-state index contributed by atoms with van der Waals surface area (Å²) in [6.45, 7) is 2.98. The molecule has 0 bridgehead atoms. The predicted molar refractivity (Wildman–Crippen MR) is 78.0 cm³/mol. The largest absolute Gasteiger partial charge is 0.460 e. The lowest BCUT2D eigenvalue weighted by atomic mass is 10.3. The van der Waals surface area contributed by atoms with Crippen LogP contribution in [-0.2, 0) is 20.9 Å². The first-order valence-corrected chi connectivity index (χ1v) is 7.06. The van der Waals surface area contributed by atoms with E-state index in [0.717, 1.165) is 6.42 Å². The van der Waals surface area contributed by atoms with Crippen molar-refractivity contribution < 1.29 is 14.3 Å². The lowest BCUT2D eigenvalue weighted by Crippen LogP contribution is -2.39. The molecule has 7 heteroatoms. The standard InChI is InChI=1S/C13H18Cl2N2O3/c1-3-4-19-8-10(16-2)13(18)20-7-9-5-11(14)17-12(15)6-9/h5-6,10,16H,3-4,7-8H2,1-2H3/t10-/m0/s1. The van der Waals surface area contributed by atoms with Crippen LogP contribution in [0.5, 0.6) is 0 Å². The van der Waals surface area contributed by atoms with Crippen molar-refractivity contribution in [1.82, 2.24) is 10.3 Å². The molecular weight excluding hydrogens is 303 g/mol. The van der Waals surface area contributed by atoms with Gasteiger partial charge in [-0.05, 0) is 31.2 Å². The van der Waals surface area contributed by atoms with Crippen LogP contribution in [0.2, 0.25) is 10.3 Å². The van der Waals surface area contributed by atoms with E-state index < -0.39 is 6.04 Å². The van der Waals surface area contributed by atoms with Gasteiger partial charge in [0.1, 0.15) is 23.0 Å². The Balaban J connectivity index is 2.47. The summed E-state index contributed by atoms with van der Waals surface area (Å²) in [7, 11) is 1.68. The van der Waals surface area contributed by atoms with Crippen LogP contribution in [0.1, 0.15) is 18.9 Å². The Morgan fingerprint density at radius 3 is 2.60 bits per heavy atom. The minimum absolute atomic E-state index is 0.0900. The number of carbonyl (C=O) groups is 1. The third-order valence-corrected chi connectivity index (χ3v) is 2.86. The number of pyridine rings is 1. The van der Waals surface area contributed by atoms with Crippen LogP contribution in [0.15, 0.2) is 12.1 Å². The number of rotatable bonds is 8. The molecule has 0 aromatic carbocycles. The van der Waals surface area contributed by atoms with E-state index in [0.29, 0.717) is 12.2 Å². The molecule has 1 aromatic heterocycles. The monoisotopic (exact) mass is 320 g/mol. The molecule has 0 fully saturated rings. The summed E-state index contributed by atoms with van der Waals surface area (Å²) < 4.78 is 10.5. The van der Waals surface area contributed by atoms with Crippen LogP contribution < -0.4 is 5.32 Å².